The molecule has 1 aromatic rings. The van der Waals surface area contributed by atoms with Crippen molar-refractivity contribution in [3.05, 3.63) is 35.4 Å². The topological polar surface area (TPSA) is 83.5 Å². The van der Waals surface area contributed by atoms with E-state index in [0.29, 0.717) is 5.56 Å². The van der Waals surface area contributed by atoms with Crippen LogP contribution < -0.4 is 4.72 Å². The minimum Gasteiger partial charge on any atom is -0.480 e. The number of alkyl halides is 2. The molecule has 8 heteroatoms. The fourth-order valence-electron chi connectivity index (χ4n) is 1.91. The summed E-state index contributed by atoms with van der Waals surface area (Å²) in [6.45, 7) is 3.57. The first-order valence-electron chi connectivity index (χ1n) is 6.70. The number of sulfonamides is 1. The van der Waals surface area contributed by atoms with Crippen molar-refractivity contribution in [2.24, 2.45) is 5.92 Å². The lowest BCUT2D eigenvalue weighted by atomic mass is 10.1. The summed E-state index contributed by atoms with van der Waals surface area (Å²) in [5.74, 6) is -1.70. The van der Waals surface area contributed by atoms with Gasteiger partial charge in [-0.1, -0.05) is 38.1 Å². The second-order valence-electron chi connectivity index (χ2n) is 5.44. The van der Waals surface area contributed by atoms with E-state index in [1.165, 1.54) is 12.1 Å². The van der Waals surface area contributed by atoms with Crippen molar-refractivity contribution in [3.63, 3.8) is 0 Å². The van der Waals surface area contributed by atoms with Gasteiger partial charge in [0, 0.05) is 5.56 Å². The molecule has 0 amide bonds. The number of carbonyl (C=O) groups is 1. The van der Waals surface area contributed by atoms with Gasteiger partial charge in [0.15, 0.2) is 0 Å². The van der Waals surface area contributed by atoms with E-state index in [9.17, 15) is 22.0 Å². The van der Waals surface area contributed by atoms with Gasteiger partial charge in [0.05, 0.1) is 5.75 Å². The molecule has 0 spiro atoms. The lowest BCUT2D eigenvalue weighted by Gasteiger charge is -2.16. The minimum atomic E-state index is -3.88. The molecule has 1 rings (SSSR count). The Kier molecular flexibility index (Phi) is 6.43. The predicted octanol–water partition coefficient (Wildman–Crippen LogP) is 2.54. The van der Waals surface area contributed by atoms with Crippen LogP contribution in [-0.4, -0.2) is 25.5 Å². The molecule has 0 bridgehead atoms. The highest BCUT2D eigenvalue weighted by Gasteiger charge is 2.25. The highest BCUT2D eigenvalue weighted by Crippen LogP contribution is 2.19. The van der Waals surface area contributed by atoms with E-state index in [1.54, 1.807) is 13.8 Å². The maximum Gasteiger partial charge on any atom is 0.321 e. The van der Waals surface area contributed by atoms with E-state index in [4.69, 9.17) is 5.11 Å². The van der Waals surface area contributed by atoms with Crippen molar-refractivity contribution in [3.8, 4) is 0 Å². The second-order valence-corrected chi connectivity index (χ2v) is 7.19. The Hall–Kier alpha value is -1.54. The van der Waals surface area contributed by atoms with Crippen molar-refractivity contribution in [1.29, 1.82) is 0 Å². The number of hydrogen-bond acceptors (Lipinski definition) is 3. The van der Waals surface area contributed by atoms with Crippen molar-refractivity contribution in [2.45, 2.75) is 38.5 Å². The SMILES string of the molecule is CC(C)C[C@@H](NS(=O)(=O)Cc1ccc(C(F)F)cc1)C(=O)O. The largest absolute Gasteiger partial charge is 0.480 e. The average Bonchev–Trinajstić information content (AvgIpc) is 2.37. The third kappa shape index (κ3) is 6.07. The van der Waals surface area contributed by atoms with Crippen molar-refractivity contribution >= 4 is 16.0 Å². The summed E-state index contributed by atoms with van der Waals surface area (Å²) < 4.78 is 51.0. The van der Waals surface area contributed by atoms with Gasteiger partial charge in [0.25, 0.3) is 6.43 Å². The molecule has 0 unspecified atom stereocenters. The Labute approximate surface area is 128 Å². The van der Waals surface area contributed by atoms with Gasteiger partial charge < -0.3 is 5.11 Å². The zero-order valence-corrected chi connectivity index (χ0v) is 13.1. The molecule has 0 radical (unpaired) electrons. The normalized spacial score (nSPS) is 13.5. The lowest BCUT2D eigenvalue weighted by molar-refractivity contribution is -0.139. The third-order valence-corrected chi connectivity index (χ3v) is 4.27. The third-order valence-electron chi connectivity index (χ3n) is 2.92. The molecule has 0 fully saturated rings. The van der Waals surface area contributed by atoms with E-state index in [2.05, 4.69) is 4.72 Å². The molecule has 1 aromatic carbocycles. The van der Waals surface area contributed by atoms with E-state index in [-0.39, 0.29) is 17.9 Å². The summed E-state index contributed by atoms with van der Waals surface area (Å²) >= 11 is 0. The van der Waals surface area contributed by atoms with Crippen LogP contribution in [0.5, 0.6) is 0 Å². The fourth-order valence-corrected chi connectivity index (χ4v) is 3.25. The Morgan fingerprint density at radius 2 is 1.77 bits per heavy atom. The van der Waals surface area contributed by atoms with Gasteiger partial charge in [0.1, 0.15) is 6.04 Å². The van der Waals surface area contributed by atoms with Gasteiger partial charge in [-0.25, -0.2) is 21.9 Å². The van der Waals surface area contributed by atoms with Crippen LogP contribution in [-0.2, 0) is 20.6 Å². The Morgan fingerprint density at radius 1 is 1.23 bits per heavy atom. The van der Waals surface area contributed by atoms with Crippen LogP contribution in [0.4, 0.5) is 8.78 Å². The maximum atomic E-state index is 12.4. The highest BCUT2D eigenvalue weighted by atomic mass is 32.2. The smallest absolute Gasteiger partial charge is 0.321 e. The minimum absolute atomic E-state index is 0.00845. The number of hydrogen-bond donors (Lipinski definition) is 2. The first kappa shape index (κ1) is 18.5. The predicted molar refractivity (Wildman–Crippen MR) is 78.0 cm³/mol. The number of carboxylic acids is 1. The number of aliphatic carboxylic acids is 1. The monoisotopic (exact) mass is 335 g/mol. The van der Waals surface area contributed by atoms with E-state index in [1.807, 2.05) is 0 Å². The Balaban J connectivity index is 2.79. The van der Waals surface area contributed by atoms with E-state index < -0.39 is 34.2 Å². The summed E-state index contributed by atoms with van der Waals surface area (Å²) in [4.78, 5) is 11.1. The first-order chi connectivity index (χ1) is 10.1. The standard InChI is InChI=1S/C14H19F2NO4S/c1-9(2)7-12(14(18)19)17-22(20,21)8-10-3-5-11(6-4-10)13(15)16/h3-6,9,12-13,17H,7-8H2,1-2H3,(H,18,19)/t12-/m1/s1. The summed E-state index contributed by atoms with van der Waals surface area (Å²) in [5, 5.41) is 9.04. The number of halogens is 2. The van der Waals surface area contributed by atoms with Crippen LogP contribution in [0, 0.1) is 5.92 Å². The summed E-state index contributed by atoms with van der Waals surface area (Å²) in [6.07, 6.45) is -2.45. The molecular formula is C14H19F2NO4S. The van der Waals surface area contributed by atoms with Gasteiger partial charge in [0.2, 0.25) is 10.0 Å². The molecule has 0 aliphatic carbocycles. The van der Waals surface area contributed by atoms with Crippen LogP contribution in [0.15, 0.2) is 24.3 Å². The molecule has 0 aliphatic rings. The number of benzene rings is 1. The van der Waals surface area contributed by atoms with Crippen LogP contribution in [0.3, 0.4) is 0 Å². The molecule has 0 heterocycles. The van der Waals surface area contributed by atoms with Gasteiger partial charge >= 0.3 is 5.97 Å². The quantitative estimate of drug-likeness (QED) is 0.765. The molecule has 0 saturated carbocycles. The molecule has 0 aromatic heterocycles. The van der Waals surface area contributed by atoms with Crippen LogP contribution >= 0.6 is 0 Å². The van der Waals surface area contributed by atoms with E-state index >= 15 is 0 Å². The van der Waals surface area contributed by atoms with Crippen LogP contribution in [0.25, 0.3) is 0 Å². The summed E-state index contributed by atoms with van der Waals surface area (Å²) in [6, 6.07) is 3.68. The molecule has 5 nitrogen and oxygen atoms in total. The molecule has 1 atom stereocenters. The fraction of sp³-hybridized carbons (Fsp3) is 0.500. The zero-order valence-electron chi connectivity index (χ0n) is 12.3. The summed E-state index contributed by atoms with van der Waals surface area (Å²) in [7, 11) is -3.88. The highest BCUT2D eigenvalue weighted by molar-refractivity contribution is 7.88. The molecule has 22 heavy (non-hydrogen) atoms. The van der Waals surface area contributed by atoms with Gasteiger partial charge in [-0.3, -0.25) is 4.79 Å². The van der Waals surface area contributed by atoms with Gasteiger partial charge in [-0.05, 0) is 17.9 Å². The van der Waals surface area contributed by atoms with Crippen molar-refractivity contribution in [1.82, 2.24) is 4.72 Å². The molecule has 0 aliphatic heterocycles. The molecule has 2 N–H and O–H groups in total. The number of rotatable bonds is 8. The first-order valence-corrected chi connectivity index (χ1v) is 8.35. The second kappa shape index (κ2) is 7.64. The maximum absolute atomic E-state index is 12.4. The Morgan fingerprint density at radius 3 is 2.18 bits per heavy atom. The van der Waals surface area contributed by atoms with E-state index in [0.717, 1.165) is 12.1 Å². The van der Waals surface area contributed by atoms with Gasteiger partial charge in [-0.2, -0.15) is 0 Å². The lowest BCUT2D eigenvalue weighted by Crippen LogP contribution is -2.42. The number of nitrogens with one attached hydrogen (secondary N) is 1. The number of carboxylic acid groups (broad SMARTS) is 1. The zero-order chi connectivity index (χ0) is 16.9. The summed E-state index contributed by atoms with van der Waals surface area (Å²) in [5.41, 5.74) is 0.114. The van der Waals surface area contributed by atoms with Crippen LogP contribution in [0.2, 0.25) is 0 Å². The molecular weight excluding hydrogens is 316 g/mol. The van der Waals surface area contributed by atoms with Crippen molar-refractivity contribution < 1.29 is 27.1 Å². The van der Waals surface area contributed by atoms with Crippen molar-refractivity contribution in [2.75, 3.05) is 0 Å². The average molecular weight is 335 g/mol. The van der Waals surface area contributed by atoms with Crippen LogP contribution in [0.1, 0.15) is 37.8 Å². The Bertz CT molecular complexity index is 600. The van der Waals surface area contributed by atoms with Gasteiger partial charge in [-0.15, -0.1) is 0 Å². The molecule has 0 saturated heterocycles. The molecule has 124 valence electrons.